The van der Waals surface area contributed by atoms with Crippen LogP contribution in [-0.4, -0.2) is 44.3 Å². The largest absolute Gasteiger partial charge is 0.385 e. The highest BCUT2D eigenvalue weighted by atomic mass is 19.1. The summed E-state index contributed by atoms with van der Waals surface area (Å²) in [7, 11) is 0. The lowest BCUT2D eigenvalue weighted by Crippen LogP contribution is -2.37. The number of hydrogen-bond donors (Lipinski definition) is 1. The molecule has 1 atom stereocenters. The zero-order chi connectivity index (χ0) is 25.1. The molecule has 4 heterocycles. The number of piperidine rings is 1. The fourth-order valence-corrected chi connectivity index (χ4v) is 4.49. The van der Waals surface area contributed by atoms with E-state index in [0.717, 1.165) is 0 Å². The highest BCUT2D eigenvalue weighted by Gasteiger charge is 2.26. The lowest BCUT2D eigenvalue weighted by atomic mass is 9.91. The molecule has 2 aliphatic rings. The normalized spacial score (nSPS) is 23.1. The average Bonchev–Trinajstić information content (AvgIpc) is 3.22. The van der Waals surface area contributed by atoms with E-state index in [1.807, 2.05) is 0 Å². The van der Waals surface area contributed by atoms with Crippen LogP contribution in [0.1, 0.15) is 66.0 Å². The summed E-state index contributed by atoms with van der Waals surface area (Å²) < 4.78 is 55.0. The van der Waals surface area contributed by atoms with Crippen LogP contribution in [0.25, 0.3) is 11.0 Å². The van der Waals surface area contributed by atoms with Gasteiger partial charge in [0, 0.05) is 47.2 Å². The van der Waals surface area contributed by atoms with Crippen molar-refractivity contribution in [1.29, 1.82) is 0 Å². The van der Waals surface area contributed by atoms with E-state index >= 15 is 0 Å². The quantitative estimate of drug-likeness (QED) is 0.685. The van der Waals surface area contributed by atoms with Crippen LogP contribution in [0.2, 0.25) is 0 Å². The van der Waals surface area contributed by atoms with E-state index in [9.17, 15) is 14.3 Å². The molecule has 1 N–H and O–H groups in total. The van der Waals surface area contributed by atoms with Gasteiger partial charge in [-0.1, -0.05) is 5.16 Å². The third kappa shape index (κ3) is 3.78. The van der Waals surface area contributed by atoms with Crippen LogP contribution in [0.4, 0.5) is 4.39 Å². The monoisotopic (exact) mass is 430 g/mol. The van der Waals surface area contributed by atoms with E-state index in [4.69, 9.17) is 10.0 Å². The number of aliphatic hydroxyl groups excluding tert-OH is 1. The number of hydrogen-bond acceptors (Lipinski definition) is 6. The van der Waals surface area contributed by atoms with E-state index in [2.05, 4.69) is 10.1 Å². The van der Waals surface area contributed by atoms with Crippen molar-refractivity contribution >= 4 is 11.0 Å². The van der Waals surface area contributed by atoms with Gasteiger partial charge in [0.15, 0.2) is 5.58 Å². The van der Waals surface area contributed by atoms with Crippen molar-refractivity contribution in [2.45, 2.75) is 57.5 Å². The second-order valence-corrected chi connectivity index (χ2v) is 8.25. The summed E-state index contributed by atoms with van der Waals surface area (Å²) in [5, 5.41) is 15.1. The Bertz CT molecular complexity index is 1330. The average molecular weight is 431 g/mol. The SMILES string of the molecule is [2H]C([2H])(c1c(C)nc2n(c1=O)CCCC2O)C([2H])([2H])N1CCC(c2noc3cc(F)ccc23)CC1. The lowest BCUT2D eigenvalue weighted by Gasteiger charge is -2.31. The predicted molar refractivity (Wildman–Crippen MR) is 114 cm³/mol. The van der Waals surface area contributed by atoms with Gasteiger partial charge >= 0.3 is 0 Å². The van der Waals surface area contributed by atoms with Crippen LogP contribution in [0.3, 0.4) is 0 Å². The summed E-state index contributed by atoms with van der Waals surface area (Å²) in [6.45, 7) is -0.210. The van der Waals surface area contributed by atoms with Crippen molar-refractivity contribution < 1.29 is 19.5 Å². The van der Waals surface area contributed by atoms with E-state index in [1.54, 1.807) is 6.07 Å². The van der Waals surface area contributed by atoms with E-state index in [0.29, 0.717) is 48.9 Å². The third-order valence-electron chi connectivity index (χ3n) is 6.22. The van der Waals surface area contributed by atoms with Crippen LogP contribution >= 0.6 is 0 Å². The molecule has 0 saturated carbocycles. The molecule has 3 aromatic rings. The zero-order valence-electron chi connectivity index (χ0n) is 21.3. The highest BCUT2D eigenvalue weighted by Crippen LogP contribution is 2.32. The van der Waals surface area contributed by atoms with Gasteiger partial charge in [-0.05, 0) is 64.2 Å². The first-order valence-corrected chi connectivity index (χ1v) is 10.6. The smallest absolute Gasteiger partial charge is 0.257 e. The van der Waals surface area contributed by atoms with Crippen molar-refractivity contribution in [1.82, 2.24) is 19.6 Å². The molecule has 2 aromatic heterocycles. The Morgan fingerprint density at radius 1 is 1.29 bits per heavy atom. The van der Waals surface area contributed by atoms with Crippen molar-refractivity contribution in [3.05, 3.63) is 57.1 Å². The molecule has 164 valence electrons. The molecule has 1 saturated heterocycles. The van der Waals surface area contributed by atoms with Crippen LogP contribution in [0, 0.1) is 12.7 Å². The molecule has 5 rings (SSSR count). The van der Waals surface area contributed by atoms with E-state index in [1.165, 1.54) is 28.5 Å². The highest BCUT2D eigenvalue weighted by molar-refractivity contribution is 5.79. The van der Waals surface area contributed by atoms with Gasteiger partial charge in [-0.15, -0.1) is 0 Å². The van der Waals surface area contributed by atoms with Crippen molar-refractivity contribution in [2.24, 2.45) is 0 Å². The molecule has 0 radical (unpaired) electrons. The Labute approximate surface area is 185 Å². The molecule has 0 bridgehead atoms. The summed E-state index contributed by atoms with van der Waals surface area (Å²) in [5.74, 6) is -0.249. The standard InChI is InChI=1S/C23H27FN4O3/c1-14-17(23(30)28-9-2-3-19(29)22(28)25-14)8-12-27-10-6-15(7-11-27)21-18-5-4-16(24)13-20(18)31-26-21/h4-5,13,15,19,29H,2-3,6-12H2,1H3/i8D2,12D2. The number of nitrogens with zero attached hydrogens (tertiary/aromatic N) is 4. The number of benzene rings is 1. The predicted octanol–water partition coefficient (Wildman–Crippen LogP) is 3.08. The number of likely N-dealkylation sites (tertiary alicyclic amines) is 1. The van der Waals surface area contributed by atoms with Crippen molar-refractivity contribution in [3.8, 4) is 0 Å². The van der Waals surface area contributed by atoms with Gasteiger partial charge in [0.25, 0.3) is 5.56 Å². The molecule has 7 nitrogen and oxygen atoms in total. The number of rotatable bonds is 4. The Balaban J connectivity index is 1.40. The maximum Gasteiger partial charge on any atom is 0.257 e. The molecule has 2 aliphatic heterocycles. The second kappa shape index (κ2) is 8.16. The van der Waals surface area contributed by atoms with Crippen LogP contribution in [0.5, 0.6) is 0 Å². The van der Waals surface area contributed by atoms with Gasteiger partial charge < -0.3 is 14.5 Å². The third-order valence-corrected chi connectivity index (χ3v) is 6.22. The fraction of sp³-hybridized carbons (Fsp3) is 0.522. The molecule has 0 amide bonds. The number of aliphatic hydroxyl groups is 1. The molecule has 0 spiro atoms. The van der Waals surface area contributed by atoms with Gasteiger partial charge in [-0.2, -0.15) is 0 Å². The first kappa shape index (κ1) is 16.1. The van der Waals surface area contributed by atoms with Gasteiger partial charge in [0.05, 0.1) is 5.69 Å². The molecular weight excluding hydrogens is 399 g/mol. The minimum Gasteiger partial charge on any atom is -0.385 e. The van der Waals surface area contributed by atoms with Crippen LogP contribution < -0.4 is 5.56 Å². The molecule has 1 unspecified atom stereocenters. The minimum atomic E-state index is -2.64. The maximum atomic E-state index is 13.5. The van der Waals surface area contributed by atoms with Crippen LogP contribution in [-0.2, 0) is 12.9 Å². The van der Waals surface area contributed by atoms with Gasteiger partial charge in [-0.3, -0.25) is 9.36 Å². The Morgan fingerprint density at radius 2 is 2.10 bits per heavy atom. The number of aromatic nitrogens is 3. The number of aryl methyl sites for hydroxylation is 1. The van der Waals surface area contributed by atoms with Gasteiger partial charge in [0.1, 0.15) is 17.7 Å². The minimum absolute atomic E-state index is 0.0427. The lowest BCUT2D eigenvalue weighted by molar-refractivity contribution is 0.129. The summed E-state index contributed by atoms with van der Waals surface area (Å²) >= 11 is 0. The van der Waals surface area contributed by atoms with Crippen molar-refractivity contribution in [3.63, 3.8) is 0 Å². The van der Waals surface area contributed by atoms with E-state index < -0.39 is 30.4 Å². The Hall–Kier alpha value is -2.58. The Morgan fingerprint density at radius 3 is 2.90 bits per heavy atom. The van der Waals surface area contributed by atoms with Crippen LogP contribution in [0.15, 0.2) is 27.5 Å². The Kier molecular flexibility index (Phi) is 4.24. The van der Waals surface area contributed by atoms with Crippen molar-refractivity contribution in [2.75, 3.05) is 19.6 Å². The summed E-state index contributed by atoms with van der Waals surface area (Å²) in [4.78, 5) is 19.0. The summed E-state index contributed by atoms with van der Waals surface area (Å²) in [5.41, 5.74) is 0.181. The summed E-state index contributed by atoms with van der Waals surface area (Å²) in [6, 6.07) is 4.25. The molecule has 31 heavy (non-hydrogen) atoms. The summed E-state index contributed by atoms with van der Waals surface area (Å²) in [6.07, 6.45) is -1.50. The van der Waals surface area contributed by atoms with Gasteiger partial charge in [-0.25, -0.2) is 9.37 Å². The fourth-order valence-electron chi connectivity index (χ4n) is 4.49. The molecular formula is C23H27FN4O3. The van der Waals surface area contributed by atoms with E-state index in [-0.39, 0.29) is 36.1 Å². The molecule has 8 heteroatoms. The molecule has 0 aliphatic carbocycles. The first-order chi connectivity index (χ1) is 16.5. The molecule has 1 aromatic carbocycles. The zero-order valence-corrected chi connectivity index (χ0v) is 17.3. The molecule has 1 fully saturated rings. The number of halogens is 1. The maximum absolute atomic E-state index is 13.5. The second-order valence-electron chi connectivity index (χ2n) is 8.25. The number of fused-ring (bicyclic) bond motifs is 2. The first-order valence-electron chi connectivity index (χ1n) is 12.6. The van der Waals surface area contributed by atoms with Gasteiger partial charge in [0.2, 0.25) is 0 Å². The topological polar surface area (TPSA) is 84.4 Å².